The van der Waals surface area contributed by atoms with Gasteiger partial charge >= 0.3 is 0 Å². The summed E-state index contributed by atoms with van der Waals surface area (Å²) in [4.78, 5) is 7.58. The average Bonchev–Trinajstić information content (AvgIpc) is 2.96. The maximum absolute atomic E-state index is 5.20. The van der Waals surface area contributed by atoms with E-state index in [0.717, 1.165) is 28.9 Å². The Kier molecular flexibility index (Phi) is 3.83. The van der Waals surface area contributed by atoms with Crippen LogP contribution < -0.4 is 10.6 Å². The molecular weight excluding hydrogens is 280 g/mol. The molecule has 0 aliphatic heterocycles. The van der Waals surface area contributed by atoms with E-state index in [0.29, 0.717) is 5.11 Å². The Balaban J connectivity index is 1.96. The summed E-state index contributed by atoms with van der Waals surface area (Å²) >= 11 is 5.20. The molecule has 3 N–H and O–H groups in total. The standard InChI is InChI=1S/C16H16N4S/c1-2-18-16(21)20-13-8-12(9-17-10-13)14-5-3-4-11-6-7-19-15(11)14/h3-10,19H,2H2,1H3,(H2,18,20,21). The van der Waals surface area contributed by atoms with Crippen LogP contribution in [0.3, 0.4) is 0 Å². The van der Waals surface area contributed by atoms with Crippen molar-refractivity contribution < 1.29 is 0 Å². The van der Waals surface area contributed by atoms with Crippen LogP contribution in [-0.2, 0) is 0 Å². The van der Waals surface area contributed by atoms with E-state index in [4.69, 9.17) is 12.2 Å². The van der Waals surface area contributed by atoms with Gasteiger partial charge < -0.3 is 15.6 Å². The fourth-order valence-electron chi connectivity index (χ4n) is 2.32. The molecule has 2 heterocycles. The molecule has 0 aliphatic rings. The van der Waals surface area contributed by atoms with E-state index in [2.05, 4.69) is 44.9 Å². The number of aromatic nitrogens is 2. The Morgan fingerprint density at radius 1 is 1.29 bits per heavy atom. The van der Waals surface area contributed by atoms with Crippen molar-refractivity contribution >= 4 is 33.9 Å². The number of hydrogen-bond donors (Lipinski definition) is 3. The minimum atomic E-state index is 0.606. The van der Waals surface area contributed by atoms with Crippen LogP contribution in [0.2, 0.25) is 0 Å². The zero-order valence-electron chi connectivity index (χ0n) is 11.7. The SMILES string of the molecule is CCNC(=S)Nc1cncc(-c2cccc3cc[nH]c23)c1. The number of hydrogen-bond acceptors (Lipinski definition) is 2. The Morgan fingerprint density at radius 3 is 3.05 bits per heavy atom. The predicted octanol–water partition coefficient (Wildman–Crippen LogP) is 3.54. The van der Waals surface area contributed by atoms with Crippen LogP contribution in [0.25, 0.3) is 22.0 Å². The van der Waals surface area contributed by atoms with Crippen molar-refractivity contribution in [2.75, 3.05) is 11.9 Å². The van der Waals surface area contributed by atoms with Crippen LogP contribution in [0.1, 0.15) is 6.92 Å². The minimum absolute atomic E-state index is 0.606. The fourth-order valence-corrected chi connectivity index (χ4v) is 2.58. The smallest absolute Gasteiger partial charge is 0.170 e. The Bertz CT molecular complexity index is 779. The molecule has 21 heavy (non-hydrogen) atoms. The first-order chi connectivity index (χ1) is 10.3. The first-order valence-electron chi connectivity index (χ1n) is 6.84. The lowest BCUT2D eigenvalue weighted by Gasteiger charge is -2.10. The summed E-state index contributed by atoms with van der Waals surface area (Å²) in [5, 5.41) is 8.00. The molecule has 106 valence electrons. The summed E-state index contributed by atoms with van der Waals surface area (Å²) < 4.78 is 0. The maximum atomic E-state index is 5.20. The summed E-state index contributed by atoms with van der Waals surface area (Å²) in [6.07, 6.45) is 5.57. The number of nitrogens with one attached hydrogen (secondary N) is 3. The fraction of sp³-hybridized carbons (Fsp3) is 0.125. The molecule has 1 aromatic carbocycles. The molecule has 0 radical (unpaired) electrons. The molecule has 0 saturated heterocycles. The highest BCUT2D eigenvalue weighted by atomic mass is 32.1. The number of para-hydroxylation sites is 1. The molecule has 0 amide bonds. The van der Waals surface area contributed by atoms with Gasteiger partial charge in [0, 0.05) is 30.1 Å². The number of fused-ring (bicyclic) bond motifs is 1. The summed E-state index contributed by atoms with van der Waals surface area (Å²) in [6, 6.07) is 10.3. The van der Waals surface area contributed by atoms with Gasteiger partial charge in [0.2, 0.25) is 0 Å². The lowest BCUT2D eigenvalue weighted by molar-refractivity contribution is 0.979. The number of benzene rings is 1. The van der Waals surface area contributed by atoms with Crippen molar-refractivity contribution in [1.29, 1.82) is 0 Å². The summed E-state index contributed by atoms with van der Waals surface area (Å²) in [6.45, 7) is 2.80. The third-order valence-corrected chi connectivity index (χ3v) is 3.48. The van der Waals surface area contributed by atoms with Crippen molar-refractivity contribution in [3.05, 3.63) is 48.9 Å². The van der Waals surface area contributed by atoms with Crippen molar-refractivity contribution in [2.45, 2.75) is 6.92 Å². The second kappa shape index (κ2) is 5.93. The van der Waals surface area contributed by atoms with Crippen molar-refractivity contribution in [3.63, 3.8) is 0 Å². The first-order valence-corrected chi connectivity index (χ1v) is 7.25. The number of H-pyrrole nitrogens is 1. The van der Waals surface area contributed by atoms with Gasteiger partial charge in [-0.2, -0.15) is 0 Å². The molecule has 3 aromatic rings. The molecular formula is C16H16N4S. The van der Waals surface area contributed by atoms with Crippen LogP contribution in [0.5, 0.6) is 0 Å². The molecule has 0 spiro atoms. The van der Waals surface area contributed by atoms with Gasteiger partial charge in [-0.05, 0) is 36.7 Å². The number of thiocarbonyl (C=S) groups is 1. The molecule has 4 nitrogen and oxygen atoms in total. The highest BCUT2D eigenvalue weighted by Crippen LogP contribution is 2.28. The minimum Gasteiger partial charge on any atom is -0.363 e. The maximum Gasteiger partial charge on any atom is 0.170 e. The summed E-state index contributed by atoms with van der Waals surface area (Å²) in [5.74, 6) is 0. The number of nitrogens with zero attached hydrogens (tertiary/aromatic N) is 1. The average molecular weight is 296 g/mol. The van der Waals surface area contributed by atoms with Crippen LogP contribution in [0.4, 0.5) is 5.69 Å². The number of rotatable bonds is 3. The van der Waals surface area contributed by atoms with Gasteiger partial charge in [-0.15, -0.1) is 0 Å². The summed E-state index contributed by atoms with van der Waals surface area (Å²) in [7, 11) is 0. The lowest BCUT2D eigenvalue weighted by Crippen LogP contribution is -2.27. The van der Waals surface area contributed by atoms with E-state index in [1.807, 2.05) is 25.4 Å². The topological polar surface area (TPSA) is 52.7 Å². The van der Waals surface area contributed by atoms with Crippen LogP contribution in [-0.4, -0.2) is 21.6 Å². The normalized spacial score (nSPS) is 10.5. The molecule has 0 atom stereocenters. The molecule has 0 fully saturated rings. The van der Waals surface area contributed by atoms with E-state index < -0.39 is 0 Å². The predicted molar refractivity (Wildman–Crippen MR) is 91.4 cm³/mol. The van der Waals surface area contributed by atoms with E-state index in [9.17, 15) is 0 Å². The Hall–Kier alpha value is -2.40. The largest absolute Gasteiger partial charge is 0.363 e. The number of pyridine rings is 1. The highest BCUT2D eigenvalue weighted by Gasteiger charge is 2.06. The van der Waals surface area contributed by atoms with E-state index in [1.54, 1.807) is 6.20 Å². The number of anilines is 1. The molecule has 0 aliphatic carbocycles. The second-order valence-corrected chi connectivity index (χ2v) is 5.10. The zero-order valence-corrected chi connectivity index (χ0v) is 12.5. The molecule has 0 unspecified atom stereocenters. The molecule has 5 heteroatoms. The van der Waals surface area contributed by atoms with Gasteiger partial charge in [-0.3, -0.25) is 4.98 Å². The Labute approximate surface area is 128 Å². The van der Waals surface area contributed by atoms with E-state index in [1.165, 1.54) is 5.39 Å². The van der Waals surface area contributed by atoms with E-state index >= 15 is 0 Å². The van der Waals surface area contributed by atoms with Gasteiger partial charge in [0.1, 0.15) is 0 Å². The van der Waals surface area contributed by atoms with Crippen molar-refractivity contribution in [2.24, 2.45) is 0 Å². The Morgan fingerprint density at radius 2 is 2.19 bits per heavy atom. The van der Waals surface area contributed by atoms with E-state index in [-0.39, 0.29) is 0 Å². The monoisotopic (exact) mass is 296 g/mol. The van der Waals surface area contributed by atoms with Crippen LogP contribution >= 0.6 is 12.2 Å². The second-order valence-electron chi connectivity index (χ2n) is 4.69. The van der Waals surface area contributed by atoms with Gasteiger partial charge in [0.15, 0.2) is 5.11 Å². The quantitative estimate of drug-likeness (QED) is 0.647. The third-order valence-electron chi connectivity index (χ3n) is 3.23. The van der Waals surface area contributed by atoms with Crippen LogP contribution in [0, 0.1) is 0 Å². The first kappa shape index (κ1) is 13.6. The summed E-state index contributed by atoms with van der Waals surface area (Å²) in [5.41, 5.74) is 4.17. The van der Waals surface area contributed by atoms with Gasteiger partial charge in [0.25, 0.3) is 0 Å². The van der Waals surface area contributed by atoms with Crippen molar-refractivity contribution in [1.82, 2.24) is 15.3 Å². The highest BCUT2D eigenvalue weighted by molar-refractivity contribution is 7.80. The zero-order chi connectivity index (χ0) is 14.7. The van der Waals surface area contributed by atoms with Gasteiger partial charge in [-0.1, -0.05) is 18.2 Å². The third kappa shape index (κ3) is 2.87. The molecule has 3 rings (SSSR count). The van der Waals surface area contributed by atoms with Gasteiger partial charge in [-0.25, -0.2) is 0 Å². The molecule has 0 saturated carbocycles. The van der Waals surface area contributed by atoms with Crippen molar-refractivity contribution in [3.8, 4) is 11.1 Å². The molecule has 0 bridgehead atoms. The number of aromatic amines is 1. The van der Waals surface area contributed by atoms with Gasteiger partial charge in [0.05, 0.1) is 17.4 Å². The lowest BCUT2D eigenvalue weighted by atomic mass is 10.0. The molecule has 2 aromatic heterocycles. The van der Waals surface area contributed by atoms with Crippen LogP contribution in [0.15, 0.2) is 48.9 Å².